The average molecular weight is 159 g/mol. The zero-order valence-electron chi connectivity index (χ0n) is 4.80. The van der Waals surface area contributed by atoms with Gasteiger partial charge in [0.1, 0.15) is 0 Å². The Balaban J connectivity index is 3.33. The fraction of sp³-hybridized carbons (Fsp3) is 0. The van der Waals surface area contributed by atoms with Crippen molar-refractivity contribution in [2.45, 2.75) is 0 Å². The van der Waals surface area contributed by atoms with Crippen molar-refractivity contribution in [2.24, 2.45) is 0 Å². The summed E-state index contributed by atoms with van der Waals surface area (Å²) < 4.78 is 0. The van der Waals surface area contributed by atoms with E-state index in [0.717, 1.165) is 6.20 Å². The Morgan fingerprint density at radius 3 is 2.90 bits per heavy atom. The van der Waals surface area contributed by atoms with E-state index < -0.39 is 5.56 Å². The molecule has 52 valence electrons. The SMILES string of the molecule is O=Cc1cnc(Cl)[nH]c1=O. The lowest BCUT2D eigenvalue weighted by atomic mass is 10.4. The van der Waals surface area contributed by atoms with Crippen LogP contribution in [0.1, 0.15) is 10.4 Å². The van der Waals surface area contributed by atoms with Gasteiger partial charge in [0.15, 0.2) is 6.29 Å². The van der Waals surface area contributed by atoms with Gasteiger partial charge in [0.05, 0.1) is 5.56 Å². The third kappa shape index (κ3) is 1.22. The van der Waals surface area contributed by atoms with Crippen molar-refractivity contribution in [3.63, 3.8) is 0 Å². The van der Waals surface area contributed by atoms with Gasteiger partial charge in [0, 0.05) is 6.20 Å². The fourth-order valence-corrected chi connectivity index (χ4v) is 0.602. The first kappa shape index (κ1) is 6.95. The third-order valence-electron chi connectivity index (χ3n) is 0.923. The minimum atomic E-state index is -0.519. The highest BCUT2D eigenvalue weighted by Gasteiger charge is 1.96. The number of rotatable bonds is 1. The van der Waals surface area contributed by atoms with Gasteiger partial charge in [-0.2, -0.15) is 0 Å². The van der Waals surface area contributed by atoms with Crippen LogP contribution in [0.3, 0.4) is 0 Å². The summed E-state index contributed by atoms with van der Waals surface area (Å²) in [5, 5.41) is -0.0180. The lowest BCUT2D eigenvalue weighted by molar-refractivity contribution is 0.112. The van der Waals surface area contributed by atoms with Crippen molar-refractivity contribution in [3.05, 3.63) is 27.4 Å². The molecule has 0 atom stereocenters. The van der Waals surface area contributed by atoms with Crippen LogP contribution in [0.15, 0.2) is 11.0 Å². The lowest BCUT2D eigenvalue weighted by Gasteiger charge is -1.87. The first-order valence-corrected chi connectivity index (χ1v) is 2.82. The van der Waals surface area contributed by atoms with Crippen molar-refractivity contribution in [3.8, 4) is 0 Å². The van der Waals surface area contributed by atoms with Gasteiger partial charge >= 0.3 is 0 Å². The molecule has 5 heteroatoms. The summed E-state index contributed by atoms with van der Waals surface area (Å²) in [7, 11) is 0. The quantitative estimate of drug-likeness (QED) is 0.470. The molecule has 0 aliphatic heterocycles. The minimum Gasteiger partial charge on any atom is -0.298 e. The van der Waals surface area contributed by atoms with Gasteiger partial charge in [0.25, 0.3) is 5.56 Å². The molecule has 0 aromatic carbocycles. The number of carbonyl (C=O) groups excluding carboxylic acids is 1. The molecule has 1 rings (SSSR count). The molecule has 1 N–H and O–H groups in total. The summed E-state index contributed by atoms with van der Waals surface area (Å²) in [4.78, 5) is 26.3. The van der Waals surface area contributed by atoms with Crippen LogP contribution in [0, 0.1) is 0 Å². The summed E-state index contributed by atoms with van der Waals surface area (Å²) in [6.07, 6.45) is 1.54. The van der Waals surface area contributed by atoms with Gasteiger partial charge in [-0.05, 0) is 11.6 Å². The van der Waals surface area contributed by atoms with Gasteiger partial charge in [-0.25, -0.2) is 4.98 Å². The first-order valence-electron chi connectivity index (χ1n) is 2.44. The van der Waals surface area contributed by atoms with E-state index in [0.29, 0.717) is 6.29 Å². The smallest absolute Gasteiger partial charge is 0.262 e. The summed E-state index contributed by atoms with van der Waals surface area (Å²) >= 11 is 5.29. The Morgan fingerprint density at radius 2 is 2.40 bits per heavy atom. The van der Waals surface area contributed by atoms with Crippen molar-refractivity contribution in [1.29, 1.82) is 0 Å². The molecule has 10 heavy (non-hydrogen) atoms. The molecular formula is C5H3ClN2O2. The van der Waals surface area contributed by atoms with Crippen molar-refractivity contribution < 1.29 is 4.79 Å². The summed E-state index contributed by atoms with van der Waals surface area (Å²) in [6.45, 7) is 0. The zero-order chi connectivity index (χ0) is 7.56. The number of aromatic nitrogens is 2. The van der Waals surface area contributed by atoms with Crippen LogP contribution in [0.25, 0.3) is 0 Å². The van der Waals surface area contributed by atoms with Crippen LogP contribution in [-0.4, -0.2) is 16.3 Å². The average Bonchev–Trinajstić information content (AvgIpc) is 1.88. The Kier molecular flexibility index (Phi) is 1.82. The fourth-order valence-electron chi connectivity index (χ4n) is 0.467. The van der Waals surface area contributed by atoms with Gasteiger partial charge in [-0.15, -0.1) is 0 Å². The maximum absolute atomic E-state index is 10.7. The molecule has 1 aromatic heterocycles. The highest BCUT2D eigenvalue weighted by atomic mass is 35.5. The van der Waals surface area contributed by atoms with Crippen LogP contribution in [0.2, 0.25) is 5.28 Å². The summed E-state index contributed by atoms with van der Waals surface area (Å²) in [5.74, 6) is 0. The van der Waals surface area contributed by atoms with Crippen molar-refractivity contribution in [1.82, 2.24) is 9.97 Å². The van der Waals surface area contributed by atoms with E-state index in [9.17, 15) is 9.59 Å². The van der Waals surface area contributed by atoms with Crippen LogP contribution < -0.4 is 5.56 Å². The first-order chi connectivity index (χ1) is 4.74. The highest BCUT2D eigenvalue weighted by molar-refractivity contribution is 6.28. The molecule has 0 radical (unpaired) electrons. The number of nitrogens with zero attached hydrogens (tertiary/aromatic N) is 1. The second-order valence-corrected chi connectivity index (χ2v) is 1.93. The van der Waals surface area contributed by atoms with Gasteiger partial charge in [-0.1, -0.05) is 0 Å². The van der Waals surface area contributed by atoms with E-state index in [1.807, 2.05) is 0 Å². The molecule has 0 aliphatic rings. The van der Waals surface area contributed by atoms with E-state index in [1.165, 1.54) is 0 Å². The highest BCUT2D eigenvalue weighted by Crippen LogP contribution is 1.92. The standard InChI is InChI=1S/C5H3ClN2O2/c6-5-7-1-3(2-9)4(10)8-5/h1-2H,(H,7,8,10). The third-order valence-corrected chi connectivity index (χ3v) is 1.11. The molecule has 0 saturated carbocycles. The molecule has 0 bridgehead atoms. The van der Waals surface area contributed by atoms with Gasteiger partial charge < -0.3 is 0 Å². The molecule has 0 aliphatic carbocycles. The van der Waals surface area contributed by atoms with E-state index >= 15 is 0 Å². The zero-order valence-corrected chi connectivity index (χ0v) is 5.55. The number of halogens is 1. The molecule has 4 nitrogen and oxygen atoms in total. The molecule has 0 unspecified atom stereocenters. The number of hydrogen-bond acceptors (Lipinski definition) is 3. The van der Waals surface area contributed by atoms with E-state index in [2.05, 4.69) is 9.97 Å². The summed E-state index contributed by atoms with van der Waals surface area (Å²) in [5.41, 5.74) is -0.542. The molecule has 0 spiro atoms. The van der Waals surface area contributed by atoms with E-state index in [1.54, 1.807) is 0 Å². The second kappa shape index (κ2) is 2.62. The van der Waals surface area contributed by atoms with Crippen LogP contribution in [-0.2, 0) is 0 Å². The van der Waals surface area contributed by atoms with Crippen molar-refractivity contribution in [2.75, 3.05) is 0 Å². The molecule has 1 aromatic rings. The summed E-state index contributed by atoms with van der Waals surface area (Å²) in [6, 6.07) is 0. The predicted octanol–water partition coefficient (Wildman–Crippen LogP) is 0.236. The topological polar surface area (TPSA) is 62.8 Å². The number of aldehydes is 1. The Hall–Kier alpha value is -1.16. The number of carbonyl (C=O) groups is 1. The molecule has 1 heterocycles. The minimum absolute atomic E-state index is 0.0180. The second-order valence-electron chi connectivity index (χ2n) is 1.58. The number of aromatic amines is 1. The Bertz CT molecular complexity index is 307. The van der Waals surface area contributed by atoms with Crippen LogP contribution in [0.4, 0.5) is 0 Å². The normalized spacial score (nSPS) is 9.30. The van der Waals surface area contributed by atoms with Crippen LogP contribution >= 0.6 is 11.6 Å². The predicted molar refractivity (Wildman–Crippen MR) is 35.3 cm³/mol. The van der Waals surface area contributed by atoms with Gasteiger partial charge in [0.2, 0.25) is 5.28 Å². The molecule has 0 fully saturated rings. The Labute approximate surface area is 60.9 Å². The maximum Gasteiger partial charge on any atom is 0.262 e. The van der Waals surface area contributed by atoms with E-state index in [-0.39, 0.29) is 10.8 Å². The number of hydrogen-bond donors (Lipinski definition) is 1. The maximum atomic E-state index is 10.7. The molecule has 0 amide bonds. The molecular weight excluding hydrogens is 156 g/mol. The number of H-pyrrole nitrogens is 1. The van der Waals surface area contributed by atoms with Crippen molar-refractivity contribution >= 4 is 17.9 Å². The monoisotopic (exact) mass is 158 g/mol. The van der Waals surface area contributed by atoms with E-state index in [4.69, 9.17) is 11.6 Å². The van der Waals surface area contributed by atoms with Gasteiger partial charge in [-0.3, -0.25) is 14.6 Å². The molecule has 0 saturated heterocycles. The largest absolute Gasteiger partial charge is 0.298 e. The number of nitrogens with one attached hydrogen (secondary N) is 1. The lowest BCUT2D eigenvalue weighted by Crippen LogP contribution is -2.12. The Morgan fingerprint density at radius 1 is 1.70 bits per heavy atom. The van der Waals surface area contributed by atoms with Crippen LogP contribution in [0.5, 0.6) is 0 Å².